The highest BCUT2D eigenvalue weighted by atomic mass is 35.5. The van der Waals surface area contributed by atoms with E-state index >= 15 is 0 Å². The number of pyridine rings is 1. The van der Waals surface area contributed by atoms with Gasteiger partial charge < -0.3 is 10.1 Å². The highest BCUT2D eigenvalue weighted by molar-refractivity contribution is 7.14. The van der Waals surface area contributed by atoms with E-state index in [1.807, 2.05) is 0 Å². The summed E-state index contributed by atoms with van der Waals surface area (Å²) in [6.45, 7) is 0. The summed E-state index contributed by atoms with van der Waals surface area (Å²) in [6.07, 6.45) is -0.674. The Hall–Kier alpha value is -1.86. The minimum atomic E-state index is -0.674. The first-order valence-electron chi connectivity index (χ1n) is 4.91. The van der Waals surface area contributed by atoms with Gasteiger partial charge in [0.1, 0.15) is 11.0 Å². The van der Waals surface area contributed by atoms with Crippen LogP contribution in [0.2, 0.25) is 5.15 Å². The number of aromatic nitrogens is 2. The van der Waals surface area contributed by atoms with Crippen molar-refractivity contribution < 1.29 is 9.53 Å². The Morgan fingerprint density at radius 1 is 1.50 bits per heavy atom. The summed E-state index contributed by atoms with van der Waals surface area (Å²) in [5.41, 5.74) is 1.58. The SMILES string of the molecule is CNc1scnc1OC(=O)Nc1cccc(Cl)n1. The zero-order valence-corrected chi connectivity index (χ0v) is 10.9. The highest BCUT2D eigenvalue weighted by Crippen LogP contribution is 2.26. The van der Waals surface area contributed by atoms with Gasteiger partial charge >= 0.3 is 6.09 Å². The van der Waals surface area contributed by atoms with Gasteiger partial charge in [0.05, 0.1) is 5.51 Å². The van der Waals surface area contributed by atoms with Gasteiger partial charge in [-0.2, -0.15) is 0 Å². The lowest BCUT2D eigenvalue weighted by molar-refractivity contribution is 0.214. The Labute approximate surface area is 112 Å². The predicted molar refractivity (Wildman–Crippen MR) is 70.6 cm³/mol. The number of rotatable bonds is 3. The normalized spacial score (nSPS) is 9.89. The number of carbonyl (C=O) groups is 1. The summed E-state index contributed by atoms with van der Waals surface area (Å²) in [5, 5.41) is 6.28. The van der Waals surface area contributed by atoms with Gasteiger partial charge in [-0.1, -0.05) is 17.7 Å². The number of ether oxygens (including phenoxy) is 1. The molecule has 0 unspecified atom stereocenters. The van der Waals surface area contributed by atoms with Crippen LogP contribution in [0.15, 0.2) is 23.7 Å². The summed E-state index contributed by atoms with van der Waals surface area (Å²) in [5.74, 6) is 0.538. The molecule has 0 fully saturated rings. The molecule has 0 radical (unpaired) electrons. The van der Waals surface area contributed by atoms with Gasteiger partial charge in [-0.15, -0.1) is 11.3 Å². The lowest BCUT2D eigenvalue weighted by Gasteiger charge is -2.05. The standard InChI is InChI=1S/C10H9ClN4O2S/c1-12-9-8(13-5-18-9)17-10(16)15-7-4-2-3-6(11)14-7/h2-5,12H,1H3,(H,14,15,16). The Morgan fingerprint density at radius 2 is 2.33 bits per heavy atom. The van der Waals surface area contributed by atoms with Crippen LogP contribution in [-0.4, -0.2) is 23.1 Å². The molecule has 0 aliphatic carbocycles. The number of thiazole rings is 1. The van der Waals surface area contributed by atoms with Crippen LogP contribution >= 0.6 is 22.9 Å². The number of nitrogens with zero attached hydrogens (tertiary/aromatic N) is 2. The van der Waals surface area contributed by atoms with Crippen LogP contribution in [0.3, 0.4) is 0 Å². The van der Waals surface area contributed by atoms with Crippen LogP contribution in [-0.2, 0) is 0 Å². The second-order valence-electron chi connectivity index (χ2n) is 3.10. The summed E-state index contributed by atoms with van der Waals surface area (Å²) >= 11 is 7.03. The van der Waals surface area contributed by atoms with Crippen molar-refractivity contribution in [3.8, 4) is 5.88 Å². The third-order valence-electron chi connectivity index (χ3n) is 1.90. The molecule has 2 rings (SSSR count). The molecule has 8 heteroatoms. The van der Waals surface area contributed by atoms with Crippen molar-refractivity contribution in [2.45, 2.75) is 0 Å². The predicted octanol–water partition coefficient (Wildman–Crippen LogP) is 2.84. The first kappa shape index (κ1) is 12.6. The molecule has 0 aliphatic heterocycles. The first-order valence-corrected chi connectivity index (χ1v) is 6.17. The third-order valence-corrected chi connectivity index (χ3v) is 2.93. The van der Waals surface area contributed by atoms with Crippen LogP contribution < -0.4 is 15.4 Å². The Morgan fingerprint density at radius 3 is 3.06 bits per heavy atom. The molecule has 1 amide bonds. The Kier molecular flexibility index (Phi) is 3.96. The van der Waals surface area contributed by atoms with Crippen molar-refractivity contribution in [2.75, 3.05) is 17.7 Å². The van der Waals surface area contributed by atoms with Crippen LogP contribution in [0.4, 0.5) is 15.6 Å². The second kappa shape index (κ2) is 5.65. The maximum atomic E-state index is 11.6. The number of nitrogens with one attached hydrogen (secondary N) is 2. The third kappa shape index (κ3) is 3.08. The van der Waals surface area contributed by atoms with Crippen molar-refractivity contribution >= 4 is 39.8 Å². The van der Waals surface area contributed by atoms with Crippen molar-refractivity contribution in [1.82, 2.24) is 9.97 Å². The van der Waals surface area contributed by atoms with E-state index in [-0.39, 0.29) is 11.0 Å². The van der Waals surface area contributed by atoms with Gasteiger partial charge in [-0.3, -0.25) is 5.32 Å². The van der Waals surface area contributed by atoms with E-state index in [1.165, 1.54) is 11.3 Å². The zero-order chi connectivity index (χ0) is 13.0. The average molecular weight is 285 g/mol. The molecule has 0 spiro atoms. The number of amides is 1. The average Bonchev–Trinajstić information content (AvgIpc) is 2.76. The molecule has 2 N–H and O–H groups in total. The zero-order valence-electron chi connectivity index (χ0n) is 9.31. The fourth-order valence-corrected chi connectivity index (χ4v) is 1.90. The molecule has 2 heterocycles. The lowest BCUT2D eigenvalue weighted by atomic mass is 10.5. The molecule has 94 valence electrons. The summed E-state index contributed by atoms with van der Waals surface area (Å²) in [6, 6.07) is 4.89. The molecule has 18 heavy (non-hydrogen) atoms. The second-order valence-corrected chi connectivity index (χ2v) is 4.34. The maximum Gasteiger partial charge on any atom is 0.419 e. The van der Waals surface area contributed by atoms with Crippen molar-refractivity contribution in [1.29, 1.82) is 0 Å². The molecule has 0 saturated heterocycles. The highest BCUT2D eigenvalue weighted by Gasteiger charge is 2.12. The number of anilines is 2. The largest absolute Gasteiger partial charge is 0.419 e. The molecular formula is C10H9ClN4O2S. The fraction of sp³-hybridized carbons (Fsp3) is 0.100. The van der Waals surface area contributed by atoms with Crippen molar-refractivity contribution in [2.24, 2.45) is 0 Å². The molecule has 6 nitrogen and oxygen atoms in total. The molecule has 0 atom stereocenters. The molecule has 0 bridgehead atoms. The van der Waals surface area contributed by atoms with E-state index < -0.39 is 6.09 Å². The molecular weight excluding hydrogens is 276 g/mol. The molecule has 2 aromatic heterocycles. The van der Waals surface area contributed by atoms with Gasteiger partial charge in [0, 0.05) is 7.05 Å². The van der Waals surface area contributed by atoms with E-state index in [0.717, 1.165) is 0 Å². The van der Waals surface area contributed by atoms with E-state index in [2.05, 4.69) is 20.6 Å². The van der Waals surface area contributed by atoms with Crippen LogP contribution in [0, 0.1) is 0 Å². The van der Waals surface area contributed by atoms with Crippen LogP contribution in [0.1, 0.15) is 0 Å². The summed E-state index contributed by atoms with van der Waals surface area (Å²) in [4.78, 5) is 19.4. The molecule has 0 saturated carbocycles. The van der Waals surface area contributed by atoms with E-state index in [4.69, 9.17) is 16.3 Å². The minimum Gasteiger partial charge on any atom is -0.388 e. The van der Waals surface area contributed by atoms with E-state index in [0.29, 0.717) is 10.8 Å². The lowest BCUT2D eigenvalue weighted by Crippen LogP contribution is -2.18. The smallest absolute Gasteiger partial charge is 0.388 e. The topological polar surface area (TPSA) is 76.1 Å². The molecule has 2 aromatic rings. The van der Waals surface area contributed by atoms with Gasteiger partial charge in [0.25, 0.3) is 5.88 Å². The molecule has 0 aliphatic rings. The quantitative estimate of drug-likeness (QED) is 0.848. The Balaban J connectivity index is 2.01. The van der Waals surface area contributed by atoms with Gasteiger partial charge in [-0.05, 0) is 12.1 Å². The summed E-state index contributed by atoms with van der Waals surface area (Å²) < 4.78 is 5.02. The van der Waals surface area contributed by atoms with Gasteiger partial charge in [0.2, 0.25) is 0 Å². The van der Waals surface area contributed by atoms with Crippen molar-refractivity contribution in [3.63, 3.8) is 0 Å². The van der Waals surface area contributed by atoms with Crippen LogP contribution in [0.25, 0.3) is 0 Å². The number of carbonyl (C=O) groups excluding carboxylic acids is 1. The number of halogens is 1. The summed E-state index contributed by atoms with van der Waals surface area (Å²) in [7, 11) is 1.72. The van der Waals surface area contributed by atoms with Crippen LogP contribution in [0.5, 0.6) is 5.88 Å². The van der Waals surface area contributed by atoms with Gasteiger partial charge in [-0.25, -0.2) is 14.8 Å². The first-order chi connectivity index (χ1) is 8.69. The molecule has 0 aromatic carbocycles. The van der Waals surface area contributed by atoms with Gasteiger partial charge in [0.15, 0.2) is 5.00 Å². The minimum absolute atomic E-state index is 0.224. The van der Waals surface area contributed by atoms with E-state index in [9.17, 15) is 4.79 Å². The fourth-order valence-electron chi connectivity index (χ4n) is 1.17. The number of hydrogen-bond donors (Lipinski definition) is 2. The van der Waals surface area contributed by atoms with Crippen molar-refractivity contribution in [3.05, 3.63) is 28.9 Å². The Bertz CT molecular complexity index is 560. The monoisotopic (exact) mass is 284 g/mol. The maximum absolute atomic E-state index is 11.6. The van der Waals surface area contributed by atoms with E-state index in [1.54, 1.807) is 30.8 Å². The number of hydrogen-bond acceptors (Lipinski definition) is 6.